The van der Waals surface area contributed by atoms with E-state index in [9.17, 15) is 4.79 Å². The zero-order valence-corrected chi connectivity index (χ0v) is 16.7. The number of rotatable bonds is 6. The molecule has 3 rings (SSSR count). The van der Waals surface area contributed by atoms with E-state index < -0.39 is 0 Å². The SMILES string of the molecule is CCc1nn(C)c(C(=O)NCc2ccc(Cc3ccc(C)cc3)cc2)c1Cl. The van der Waals surface area contributed by atoms with Crippen LogP contribution >= 0.6 is 11.6 Å². The standard InChI is InChI=1S/C22H24ClN3O/c1-4-19-20(23)21(26(3)25-19)22(27)24-14-18-11-9-17(10-12-18)13-16-7-5-15(2)6-8-16/h5-12H,4,13-14H2,1-3H3,(H,24,27). The van der Waals surface area contributed by atoms with E-state index >= 15 is 0 Å². The minimum Gasteiger partial charge on any atom is -0.347 e. The van der Waals surface area contributed by atoms with Gasteiger partial charge in [0.15, 0.2) is 0 Å². The average Bonchev–Trinajstić information content (AvgIpc) is 2.96. The predicted octanol–water partition coefficient (Wildman–Crippen LogP) is 4.47. The van der Waals surface area contributed by atoms with E-state index in [0.717, 1.165) is 17.7 Å². The topological polar surface area (TPSA) is 46.9 Å². The summed E-state index contributed by atoms with van der Waals surface area (Å²) in [5.41, 5.74) is 6.00. The Morgan fingerprint density at radius 2 is 1.59 bits per heavy atom. The third kappa shape index (κ3) is 4.58. The number of carbonyl (C=O) groups excluding carboxylic acids is 1. The first kappa shape index (κ1) is 19.2. The molecule has 1 heterocycles. The molecule has 5 heteroatoms. The van der Waals surface area contributed by atoms with E-state index in [1.165, 1.54) is 16.7 Å². The minimum absolute atomic E-state index is 0.210. The van der Waals surface area contributed by atoms with Crippen molar-refractivity contribution in [2.75, 3.05) is 0 Å². The summed E-state index contributed by atoms with van der Waals surface area (Å²) >= 11 is 6.27. The lowest BCUT2D eigenvalue weighted by Gasteiger charge is -2.08. The third-order valence-corrected chi connectivity index (χ3v) is 5.01. The fourth-order valence-corrected chi connectivity index (χ4v) is 3.39. The summed E-state index contributed by atoms with van der Waals surface area (Å²) in [6.45, 7) is 4.51. The van der Waals surface area contributed by atoms with Gasteiger partial charge in [-0.3, -0.25) is 9.48 Å². The molecule has 0 atom stereocenters. The number of aryl methyl sites for hydroxylation is 3. The van der Waals surface area contributed by atoms with Gasteiger partial charge in [-0.1, -0.05) is 72.6 Å². The number of hydrogen-bond donors (Lipinski definition) is 1. The Hall–Kier alpha value is -2.59. The van der Waals surface area contributed by atoms with Crippen molar-refractivity contribution in [3.8, 4) is 0 Å². The van der Waals surface area contributed by atoms with Crippen molar-refractivity contribution in [3.05, 3.63) is 87.2 Å². The maximum Gasteiger partial charge on any atom is 0.271 e. The lowest BCUT2D eigenvalue weighted by atomic mass is 10.0. The van der Waals surface area contributed by atoms with Gasteiger partial charge in [0.1, 0.15) is 5.69 Å². The average molecular weight is 382 g/mol. The van der Waals surface area contributed by atoms with E-state index in [4.69, 9.17) is 11.6 Å². The molecule has 1 amide bonds. The van der Waals surface area contributed by atoms with Crippen molar-refractivity contribution < 1.29 is 4.79 Å². The monoisotopic (exact) mass is 381 g/mol. The van der Waals surface area contributed by atoms with Crippen LogP contribution in [0.1, 0.15) is 45.4 Å². The Bertz CT molecular complexity index is 927. The molecule has 1 N–H and O–H groups in total. The molecule has 0 aliphatic heterocycles. The molecular weight excluding hydrogens is 358 g/mol. The Balaban J connectivity index is 1.61. The first-order valence-electron chi connectivity index (χ1n) is 9.11. The first-order chi connectivity index (χ1) is 13.0. The van der Waals surface area contributed by atoms with Crippen molar-refractivity contribution in [3.63, 3.8) is 0 Å². The van der Waals surface area contributed by atoms with Gasteiger partial charge in [-0.05, 0) is 36.5 Å². The van der Waals surface area contributed by atoms with Gasteiger partial charge in [0.2, 0.25) is 0 Å². The summed E-state index contributed by atoms with van der Waals surface area (Å²) in [6, 6.07) is 16.9. The normalized spacial score (nSPS) is 10.8. The van der Waals surface area contributed by atoms with Crippen LogP contribution in [0, 0.1) is 6.92 Å². The summed E-state index contributed by atoms with van der Waals surface area (Å²) in [6.07, 6.45) is 1.60. The highest BCUT2D eigenvalue weighted by Gasteiger charge is 2.19. The van der Waals surface area contributed by atoms with E-state index in [-0.39, 0.29) is 5.91 Å². The number of amides is 1. The lowest BCUT2D eigenvalue weighted by Crippen LogP contribution is -2.25. The van der Waals surface area contributed by atoms with Crippen LogP contribution in [0.25, 0.3) is 0 Å². The molecule has 0 aliphatic carbocycles. The first-order valence-corrected chi connectivity index (χ1v) is 9.48. The van der Waals surface area contributed by atoms with Crippen LogP contribution in [-0.4, -0.2) is 15.7 Å². The third-order valence-electron chi connectivity index (χ3n) is 4.61. The number of benzene rings is 2. The Morgan fingerprint density at radius 1 is 1.04 bits per heavy atom. The van der Waals surface area contributed by atoms with Crippen molar-refractivity contribution in [1.82, 2.24) is 15.1 Å². The molecule has 0 saturated heterocycles. The molecule has 0 radical (unpaired) electrons. The molecule has 0 bridgehead atoms. The maximum atomic E-state index is 12.5. The highest BCUT2D eigenvalue weighted by atomic mass is 35.5. The van der Waals surface area contributed by atoms with Crippen LogP contribution in [0.4, 0.5) is 0 Å². The smallest absolute Gasteiger partial charge is 0.271 e. The summed E-state index contributed by atoms with van der Waals surface area (Å²) < 4.78 is 1.54. The van der Waals surface area contributed by atoms with E-state index in [1.807, 2.05) is 19.1 Å². The lowest BCUT2D eigenvalue weighted by molar-refractivity contribution is 0.0941. The summed E-state index contributed by atoms with van der Waals surface area (Å²) in [5.74, 6) is -0.210. The van der Waals surface area contributed by atoms with E-state index in [1.54, 1.807) is 11.7 Å². The van der Waals surface area contributed by atoms with Gasteiger partial charge in [-0.15, -0.1) is 0 Å². The number of halogens is 1. The van der Waals surface area contributed by atoms with Crippen LogP contribution in [0.2, 0.25) is 5.02 Å². The zero-order chi connectivity index (χ0) is 19.4. The molecule has 0 saturated carbocycles. The molecule has 4 nitrogen and oxygen atoms in total. The second-order valence-electron chi connectivity index (χ2n) is 6.75. The summed E-state index contributed by atoms with van der Waals surface area (Å²) in [7, 11) is 1.74. The van der Waals surface area contributed by atoms with Crippen LogP contribution in [0.3, 0.4) is 0 Å². The number of nitrogens with zero attached hydrogens (tertiary/aromatic N) is 2. The number of nitrogens with one attached hydrogen (secondary N) is 1. The molecule has 2 aromatic carbocycles. The molecule has 0 fully saturated rings. The fourth-order valence-electron chi connectivity index (χ4n) is 3.01. The fraction of sp³-hybridized carbons (Fsp3) is 0.273. The van der Waals surface area contributed by atoms with Gasteiger partial charge in [-0.25, -0.2) is 0 Å². The summed E-state index contributed by atoms with van der Waals surface area (Å²) in [4.78, 5) is 12.5. The van der Waals surface area contributed by atoms with Crippen LogP contribution in [-0.2, 0) is 26.4 Å². The van der Waals surface area contributed by atoms with Crippen molar-refractivity contribution in [2.24, 2.45) is 7.05 Å². The van der Waals surface area contributed by atoms with Crippen LogP contribution in [0.5, 0.6) is 0 Å². The number of carbonyl (C=O) groups is 1. The molecule has 3 aromatic rings. The molecule has 0 aliphatic rings. The Morgan fingerprint density at radius 3 is 2.15 bits per heavy atom. The largest absolute Gasteiger partial charge is 0.347 e. The van der Waals surface area contributed by atoms with Gasteiger partial charge in [0.25, 0.3) is 5.91 Å². The highest BCUT2D eigenvalue weighted by Crippen LogP contribution is 2.20. The summed E-state index contributed by atoms with van der Waals surface area (Å²) in [5, 5.41) is 7.65. The van der Waals surface area contributed by atoms with Crippen LogP contribution < -0.4 is 5.32 Å². The highest BCUT2D eigenvalue weighted by molar-refractivity contribution is 6.34. The van der Waals surface area contributed by atoms with Gasteiger partial charge in [0.05, 0.1) is 10.7 Å². The van der Waals surface area contributed by atoms with Crippen molar-refractivity contribution >= 4 is 17.5 Å². The Labute approximate surface area is 165 Å². The predicted molar refractivity (Wildman–Crippen MR) is 109 cm³/mol. The molecular formula is C22H24ClN3O. The van der Waals surface area contributed by atoms with E-state index in [0.29, 0.717) is 23.7 Å². The second-order valence-corrected chi connectivity index (χ2v) is 7.13. The number of aromatic nitrogens is 2. The molecule has 1 aromatic heterocycles. The number of hydrogen-bond acceptors (Lipinski definition) is 2. The van der Waals surface area contributed by atoms with Crippen LogP contribution in [0.15, 0.2) is 48.5 Å². The molecule has 0 spiro atoms. The zero-order valence-electron chi connectivity index (χ0n) is 15.9. The quantitative estimate of drug-likeness (QED) is 0.685. The van der Waals surface area contributed by atoms with Gasteiger partial charge in [0, 0.05) is 13.6 Å². The molecule has 0 unspecified atom stereocenters. The molecule has 27 heavy (non-hydrogen) atoms. The molecule has 140 valence electrons. The van der Waals surface area contributed by atoms with Crippen molar-refractivity contribution in [1.29, 1.82) is 0 Å². The van der Waals surface area contributed by atoms with Crippen molar-refractivity contribution in [2.45, 2.75) is 33.2 Å². The van der Waals surface area contributed by atoms with Gasteiger partial charge >= 0.3 is 0 Å². The van der Waals surface area contributed by atoms with Gasteiger partial charge < -0.3 is 5.32 Å². The minimum atomic E-state index is -0.210. The second kappa shape index (κ2) is 8.40. The van der Waals surface area contributed by atoms with Gasteiger partial charge in [-0.2, -0.15) is 5.10 Å². The maximum absolute atomic E-state index is 12.5. The van der Waals surface area contributed by atoms with E-state index in [2.05, 4.69) is 53.7 Å². The Kier molecular flexibility index (Phi) is 5.97.